The van der Waals surface area contributed by atoms with E-state index in [4.69, 9.17) is 16.7 Å². The molecule has 2 nitrogen and oxygen atoms in total. The zero-order valence-corrected chi connectivity index (χ0v) is 7.35. The number of rotatable bonds is 1. The Bertz CT molecular complexity index is 241. The van der Waals surface area contributed by atoms with Gasteiger partial charge in [0.15, 0.2) is 0 Å². The van der Waals surface area contributed by atoms with Gasteiger partial charge in [-0.3, -0.25) is 4.98 Å². The fourth-order valence-corrected chi connectivity index (χ4v) is 1.32. The molecule has 0 saturated carbocycles. The minimum absolute atomic E-state index is 0.0717. The highest BCUT2D eigenvalue weighted by molar-refractivity contribution is 9.10. The largest absolute Gasteiger partial charge is 0.390 e. The molecule has 1 aromatic rings. The molecular formula is C6H5BrClNO. The second-order valence-corrected chi connectivity index (χ2v) is 3.03. The minimum Gasteiger partial charge on any atom is -0.390 e. The average Bonchev–Trinajstić information content (AvgIpc) is 1.88. The monoisotopic (exact) mass is 221 g/mol. The number of aliphatic hydroxyl groups is 1. The molecule has 0 aliphatic rings. The Kier molecular flexibility index (Phi) is 2.65. The number of nitrogens with zero attached hydrogens (tertiary/aromatic N) is 1. The molecule has 0 radical (unpaired) electrons. The molecule has 0 saturated heterocycles. The molecule has 0 spiro atoms. The smallest absolute Gasteiger partial charge is 0.0864 e. The van der Waals surface area contributed by atoms with Gasteiger partial charge in [0.2, 0.25) is 0 Å². The van der Waals surface area contributed by atoms with Gasteiger partial charge in [-0.25, -0.2) is 0 Å². The second kappa shape index (κ2) is 3.32. The van der Waals surface area contributed by atoms with Crippen molar-refractivity contribution in [2.24, 2.45) is 0 Å². The van der Waals surface area contributed by atoms with Crippen LogP contribution in [0.1, 0.15) is 5.69 Å². The standard InChI is InChI=1S/C6H5BrClNO/c7-5-1-4(8)2-9-6(5)3-10/h1-2,10H,3H2. The van der Waals surface area contributed by atoms with E-state index in [1.54, 1.807) is 6.07 Å². The Morgan fingerprint density at radius 2 is 2.40 bits per heavy atom. The van der Waals surface area contributed by atoms with E-state index in [2.05, 4.69) is 20.9 Å². The van der Waals surface area contributed by atoms with Crippen LogP contribution in [0.3, 0.4) is 0 Å². The molecule has 4 heteroatoms. The van der Waals surface area contributed by atoms with E-state index in [0.29, 0.717) is 10.7 Å². The van der Waals surface area contributed by atoms with Gasteiger partial charge in [-0.15, -0.1) is 0 Å². The van der Waals surface area contributed by atoms with Crippen molar-refractivity contribution in [2.75, 3.05) is 0 Å². The molecule has 1 N–H and O–H groups in total. The highest BCUT2D eigenvalue weighted by Crippen LogP contribution is 2.18. The summed E-state index contributed by atoms with van der Waals surface area (Å²) in [6.07, 6.45) is 1.50. The summed E-state index contributed by atoms with van der Waals surface area (Å²) in [5.74, 6) is 0. The number of pyridine rings is 1. The first kappa shape index (κ1) is 7.98. The molecule has 0 fully saturated rings. The maximum Gasteiger partial charge on any atom is 0.0864 e. The molecule has 10 heavy (non-hydrogen) atoms. The summed E-state index contributed by atoms with van der Waals surface area (Å²) in [7, 11) is 0. The maximum absolute atomic E-state index is 8.67. The van der Waals surface area contributed by atoms with Crippen molar-refractivity contribution < 1.29 is 5.11 Å². The number of hydrogen-bond acceptors (Lipinski definition) is 2. The zero-order chi connectivity index (χ0) is 7.56. The van der Waals surface area contributed by atoms with Crippen molar-refractivity contribution >= 4 is 27.5 Å². The van der Waals surface area contributed by atoms with E-state index in [0.717, 1.165) is 4.47 Å². The van der Waals surface area contributed by atoms with E-state index in [1.165, 1.54) is 6.20 Å². The fourth-order valence-electron chi connectivity index (χ4n) is 0.559. The van der Waals surface area contributed by atoms with Crippen molar-refractivity contribution in [1.82, 2.24) is 4.98 Å². The SMILES string of the molecule is OCc1ncc(Cl)cc1Br. The number of aromatic nitrogens is 1. The molecule has 0 aromatic carbocycles. The van der Waals surface area contributed by atoms with Gasteiger partial charge < -0.3 is 5.11 Å². The van der Waals surface area contributed by atoms with E-state index in [-0.39, 0.29) is 6.61 Å². The lowest BCUT2D eigenvalue weighted by Gasteiger charge is -1.97. The lowest BCUT2D eigenvalue weighted by Crippen LogP contribution is -1.89. The van der Waals surface area contributed by atoms with Gasteiger partial charge in [0.1, 0.15) is 0 Å². The molecule has 1 rings (SSSR count). The molecule has 0 amide bonds. The topological polar surface area (TPSA) is 33.1 Å². The van der Waals surface area contributed by atoms with Gasteiger partial charge in [-0.05, 0) is 22.0 Å². The number of hydrogen-bond donors (Lipinski definition) is 1. The second-order valence-electron chi connectivity index (χ2n) is 1.74. The summed E-state index contributed by atoms with van der Waals surface area (Å²) < 4.78 is 0.738. The first-order chi connectivity index (χ1) is 4.74. The van der Waals surface area contributed by atoms with Crippen LogP contribution in [-0.2, 0) is 6.61 Å². The van der Waals surface area contributed by atoms with Crippen LogP contribution in [0.2, 0.25) is 5.02 Å². The number of halogens is 2. The van der Waals surface area contributed by atoms with Gasteiger partial charge in [0.05, 0.1) is 17.3 Å². The normalized spacial score (nSPS) is 9.90. The number of aliphatic hydroxyl groups excluding tert-OH is 1. The predicted molar refractivity (Wildman–Crippen MR) is 42.9 cm³/mol. The van der Waals surface area contributed by atoms with Crippen molar-refractivity contribution in [3.63, 3.8) is 0 Å². The molecule has 0 unspecified atom stereocenters. The van der Waals surface area contributed by atoms with Crippen molar-refractivity contribution in [3.8, 4) is 0 Å². The van der Waals surface area contributed by atoms with Crippen LogP contribution in [0.4, 0.5) is 0 Å². The van der Waals surface area contributed by atoms with Gasteiger partial charge in [-0.2, -0.15) is 0 Å². The molecule has 0 aliphatic carbocycles. The maximum atomic E-state index is 8.67. The molecule has 1 heterocycles. The van der Waals surface area contributed by atoms with E-state index in [9.17, 15) is 0 Å². The Hall–Kier alpha value is -0.120. The summed E-state index contributed by atoms with van der Waals surface area (Å²) in [6, 6.07) is 1.69. The van der Waals surface area contributed by atoms with Crippen LogP contribution in [0, 0.1) is 0 Å². The Labute approximate surface area is 72.0 Å². The molecule has 0 aliphatic heterocycles. The van der Waals surface area contributed by atoms with E-state index >= 15 is 0 Å². The third-order valence-electron chi connectivity index (χ3n) is 1.03. The molecule has 0 bridgehead atoms. The van der Waals surface area contributed by atoms with Crippen molar-refractivity contribution in [2.45, 2.75) is 6.61 Å². The van der Waals surface area contributed by atoms with Crippen LogP contribution in [0.25, 0.3) is 0 Å². The summed E-state index contributed by atoms with van der Waals surface area (Å²) in [4.78, 5) is 3.87. The summed E-state index contributed by atoms with van der Waals surface area (Å²) in [5.41, 5.74) is 0.601. The first-order valence-corrected chi connectivity index (χ1v) is 3.82. The van der Waals surface area contributed by atoms with Gasteiger partial charge in [0, 0.05) is 10.7 Å². The molecule has 0 atom stereocenters. The summed E-state index contributed by atoms with van der Waals surface area (Å²) >= 11 is 8.80. The van der Waals surface area contributed by atoms with Crippen LogP contribution in [-0.4, -0.2) is 10.1 Å². The zero-order valence-electron chi connectivity index (χ0n) is 5.01. The van der Waals surface area contributed by atoms with Gasteiger partial charge >= 0.3 is 0 Å². The summed E-state index contributed by atoms with van der Waals surface area (Å²) in [6.45, 7) is -0.0717. The summed E-state index contributed by atoms with van der Waals surface area (Å²) in [5, 5.41) is 9.23. The van der Waals surface area contributed by atoms with Gasteiger partial charge in [0.25, 0.3) is 0 Å². The quantitative estimate of drug-likeness (QED) is 0.788. The molecule has 1 aromatic heterocycles. The Morgan fingerprint density at radius 3 is 2.90 bits per heavy atom. The van der Waals surface area contributed by atoms with Crippen LogP contribution >= 0.6 is 27.5 Å². The Morgan fingerprint density at radius 1 is 1.70 bits per heavy atom. The third kappa shape index (κ3) is 1.68. The third-order valence-corrected chi connectivity index (χ3v) is 1.93. The predicted octanol–water partition coefficient (Wildman–Crippen LogP) is 1.99. The van der Waals surface area contributed by atoms with E-state index in [1.807, 2.05) is 0 Å². The van der Waals surface area contributed by atoms with Crippen molar-refractivity contribution in [3.05, 3.63) is 27.5 Å². The van der Waals surface area contributed by atoms with Gasteiger partial charge in [-0.1, -0.05) is 11.6 Å². The average molecular weight is 222 g/mol. The fraction of sp³-hybridized carbons (Fsp3) is 0.167. The molecule has 54 valence electrons. The lowest BCUT2D eigenvalue weighted by atomic mass is 10.4. The highest BCUT2D eigenvalue weighted by Gasteiger charge is 1.98. The Balaban J connectivity index is 3.07. The highest BCUT2D eigenvalue weighted by atomic mass is 79.9. The lowest BCUT2D eigenvalue weighted by molar-refractivity contribution is 0.276. The van der Waals surface area contributed by atoms with Crippen LogP contribution in [0.5, 0.6) is 0 Å². The first-order valence-electron chi connectivity index (χ1n) is 2.65. The minimum atomic E-state index is -0.0717. The van der Waals surface area contributed by atoms with Crippen LogP contribution in [0.15, 0.2) is 16.7 Å². The van der Waals surface area contributed by atoms with Crippen molar-refractivity contribution in [1.29, 1.82) is 0 Å². The molecular weight excluding hydrogens is 217 g/mol. The van der Waals surface area contributed by atoms with E-state index < -0.39 is 0 Å². The van der Waals surface area contributed by atoms with Crippen LogP contribution < -0.4 is 0 Å².